The highest BCUT2D eigenvalue weighted by atomic mass is 79.9. The Kier molecular flexibility index (Phi) is 6.84. The molecule has 0 aliphatic carbocycles. The molecule has 0 unspecified atom stereocenters. The Morgan fingerprint density at radius 2 is 1.96 bits per heavy atom. The van der Waals surface area contributed by atoms with Crippen molar-refractivity contribution >= 4 is 27.5 Å². The highest BCUT2D eigenvalue weighted by molar-refractivity contribution is 9.10. The average molecular weight is 444 g/mol. The molecule has 1 aromatic heterocycles. The van der Waals surface area contributed by atoms with Gasteiger partial charge in [-0.05, 0) is 36.2 Å². The molecule has 146 valence electrons. The number of nitrogens with zero attached hydrogens (tertiary/aromatic N) is 2. The van der Waals surface area contributed by atoms with Crippen LogP contribution in [-0.2, 0) is 18.4 Å². The second-order valence-corrected chi connectivity index (χ2v) is 7.20. The van der Waals surface area contributed by atoms with Gasteiger partial charge < -0.3 is 14.8 Å². The molecule has 0 atom stereocenters. The summed E-state index contributed by atoms with van der Waals surface area (Å²) in [7, 11) is 1.71. The van der Waals surface area contributed by atoms with Crippen molar-refractivity contribution in [2.24, 2.45) is 7.05 Å². The summed E-state index contributed by atoms with van der Waals surface area (Å²) in [5, 5.41) is 7.06. The first-order valence-corrected chi connectivity index (χ1v) is 9.68. The SMILES string of the molecule is Cc1cc(Br)ccc1NC(=O)c1c(OCCOCc2ccccc2)cnn1C. The molecule has 6 nitrogen and oxygen atoms in total. The lowest BCUT2D eigenvalue weighted by Crippen LogP contribution is -2.18. The van der Waals surface area contributed by atoms with Crippen LogP contribution in [-0.4, -0.2) is 28.9 Å². The third kappa shape index (κ3) is 5.21. The number of ether oxygens (including phenoxy) is 2. The van der Waals surface area contributed by atoms with E-state index in [0.29, 0.717) is 31.3 Å². The standard InChI is InChI=1S/C21H22BrN3O3/c1-15-12-17(22)8-9-18(15)24-21(26)20-19(13-23-25(20)2)28-11-10-27-14-16-6-4-3-5-7-16/h3-9,12-13H,10-11,14H2,1-2H3,(H,24,26). The molecule has 7 heteroatoms. The molecular formula is C21H22BrN3O3. The number of halogens is 1. The molecule has 0 aliphatic heterocycles. The van der Waals surface area contributed by atoms with Gasteiger partial charge in [-0.25, -0.2) is 0 Å². The minimum Gasteiger partial charge on any atom is -0.487 e. The first-order valence-electron chi connectivity index (χ1n) is 8.88. The number of amides is 1. The number of nitrogens with one attached hydrogen (secondary N) is 1. The summed E-state index contributed by atoms with van der Waals surface area (Å²) in [6, 6.07) is 15.6. The Labute approximate surface area is 172 Å². The van der Waals surface area contributed by atoms with Gasteiger partial charge in [0.1, 0.15) is 6.61 Å². The number of rotatable bonds is 8. The quantitative estimate of drug-likeness (QED) is 0.525. The zero-order valence-corrected chi connectivity index (χ0v) is 17.4. The fourth-order valence-corrected chi connectivity index (χ4v) is 3.18. The highest BCUT2D eigenvalue weighted by Crippen LogP contribution is 2.23. The molecule has 1 heterocycles. The number of hydrogen-bond acceptors (Lipinski definition) is 4. The summed E-state index contributed by atoms with van der Waals surface area (Å²) in [4.78, 5) is 12.7. The number of carbonyl (C=O) groups is 1. The Morgan fingerprint density at radius 1 is 1.18 bits per heavy atom. The Hall–Kier alpha value is -2.64. The van der Waals surface area contributed by atoms with E-state index < -0.39 is 0 Å². The fourth-order valence-electron chi connectivity index (χ4n) is 2.71. The van der Waals surface area contributed by atoms with Crippen molar-refractivity contribution in [2.75, 3.05) is 18.5 Å². The van der Waals surface area contributed by atoms with E-state index in [1.165, 1.54) is 4.68 Å². The minimum atomic E-state index is -0.273. The molecule has 3 aromatic rings. The second kappa shape index (κ2) is 9.52. The van der Waals surface area contributed by atoms with Crippen molar-refractivity contribution < 1.29 is 14.3 Å². The molecule has 28 heavy (non-hydrogen) atoms. The lowest BCUT2D eigenvalue weighted by Gasteiger charge is -2.11. The van der Waals surface area contributed by atoms with E-state index in [2.05, 4.69) is 26.3 Å². The van der Waals surface area contributed by atoms with Gasteiger partial charge in [0.25, 0.3) is 5.91 Å². The Balaban J connectivity index is 1.56. The number of aromatic nitrogens is 2. The molecule has 0 radical (unpaired) electrons. The molecule has 0 spiro atoms. The van der Waals surface area contributed by atoms with Gasteiger partial charge in [-0.3, -0.25) is 9.48 Å². The number of hydrogen-bond donors (Lipinski definition) is 1. The largest absolute Gasteiger partial charge is 0.487 e. The topological polar surface area (TPSA) is 65.4 Å². The van der Waals surface area contributed by atoms with E-state index in [4.69, 9.17) is 9.47 Å². The summed E-state index contributed by atoms with van der Waals surface area (Å²) < 4.78 is 13.8. The van der Waals surface area contributed by atoms with Crippen LogP contribution in [0, 0.1) is 6.92 Å². The van der Waals surface area contributed by atoms with Gasteiger partial charge in [0, 0.05) is 17.2 Å². The van der Waals surface area contributed by atoms with Gasteiger partial charge in [0.05, 0.1) is 19.4 Å². The molecular weight excluding hydrogens is 422 g/mol. The van der Waals surface area contributed by atoms with Crippen LogP contribution in [0.2, 0.25) is 0 Å². The van der Waals surface area contributed by atoms with Crippen molar-refractivity contribution in [3.8, 4) is 5.75 Å². The molecule has 0 fully saturated rings. The van der Waals surface area contributed by atoms with Crippen LogP contribution >= 0.6 is 15.9 Å². The third-order valence-corrected chi connectivity index (χ3v) is 4.65. The lowest BCUT2D eigenvalue weighted by molar-refractivity contribution is 0.0874. The van der Waals surface area contributed by atoms with E-state index in [-0.39, 0.29) is 5.91 Å². The van der Waals surface area contributed by atoms with Gasteiger partial charge in [0.2, 0.25) is 0 Å². The molecule has 2 aromatic carbocycles. The van der Waals surface area contributed by atoms with Crippen LogP contribution in [0.5, 0.6) is 5.75 Å². The van der Waals surface area contributed by atoms with Crippen molar-refractivity contribution in [2.45, 2.75) is 13.5 Å². The first-order chi connectivity index (χ1) is 13.5. The van der Waals surface area contributed by atoms with Crippen LogP contribution in [0.15, 0.2) is 59.2 Å². The maximum absolute atomic E-state index is 12.7. The van der Waals surface area contributed by atoms with E-state index >= 15 is 0 Å². The van der Waals surface area contributed by atoms with Gasteiger partial charge in [-0.2, -0.15) is 5.10 Å². The molecule has 1 N–H and O–H groups in total. The van der Waals surface area contributed by atoms with Crippen LogP contribution in [0.3, 0.4) is 0 Å². The number of benzene rings is 2. The van der Waals surface area contributed by atoms with Crippen LogP contribution in [0.4, 0.5) is 5.69 Å². The maximum Gasteiger partial charge on any atom is 0.277 e. The van der Waals surface area contributed by atoms with Gasteiger partial charge in [-0.15, -0.1) is 0 Å². The smallest absolute Gasteiger partial charge is 0.277 e. The van der Waals surface area contributed by atoms with Crippen LogP contribution in [0.1, 0.15) is 21.6 Å². The summed E-state index contributed by atoms with van der Waals surface area (Å²) in [6.07, 6.45) is 1.54. The van der Waals surface area contributed by atoms with Gasteiger partial charge in [0.15, 0.2) is 11.4 Å². The Morgan fingerprint density at radius 3 is 2.71 bits per heavy atom. The minimum absolute atomic E-state index is 0.273. The number of anilines is 1. The summed E-state index contributed by atoms with van der Waals surface area (Å²) >= 11 is 3.42. The van der Waals surface area contributed by atoms with Crippen molar-refractivity contribution in [1.29, 1.82) is 0 Å². The summed E-state index contributed by atoms with van der Waals surface area (Å²) in [5.74, 6) is 0.156. The highest BCUT2D eigenvalue weighted by Gasteiger charge is 2.19. The molecule has 0 bridgehead atoms. The molecule has 0 saturated carbocycles. The maximum atomic E-state index is 12.7. The Bertz CT molecular complexity index is 941. The van der Waals surface area contributed by atoms with E-state index in [0.717, 1.165) is 21.3 Å². The first kappa shape index (κ1) is 20.1. The molecule has 1 amide bonds. The molecule has 0 saturated heterocycles. The van der Waals surface area contributed by atoms with Crippen LogP contribution < -0.4 is 10.1 Å². The monoisotopic (exact) mass is 443 g/mol. The lowest BCUT2D eigenvalue weighted by atomic mass is 10.2. The summed E-state index contributed by atoms with van der Waals surface area (Å²) in [6.45, 7) is 3.20. The normalized spacial score (nSPS) is 10.7. The zero-order valence-electron chi connectivity index (χ0n) is 15.8. The average Bonchev–Trinajstić information content (AvgIpc) is 3.05. The van der Waals surface area contributed by atoms with E-state index in [1.54, 1.807) is 13.2 Å². The predicted molar refractivity (Wildman–Crippen MR) is 112 cm³/mol. The molecule has 3 rings (SSSR count). The van der Waals surface area contributed by atoms with Gasteiger partial charge >= 0.3 is 0 Å². The van der Waals surface area contributed by atoms with Crippen molar-refractivity contribution in [3.63, 3.8) is 0 Å². The van der Waals surface area contributed by atoms with E-state index in [1.807, 2.05) is 55.5 Å². The fraction of sp³-hybridized carbons (Fsp3) is 0.238. The third-order valence-electron chi connectivity index (χ3n) is 4.15. The number of carbonyl (C=O) groups excluding carboxylic acids is 1. The van der Waals surface area contributed by atoms with Crippen molar-refractivity contribution in [1.82, 2.24) is 9.78 Å². The zero-order chi connectivity index (χ0) is 19.9. The van der Waals surface area contributed by atoms with Crippen molar-refractivity contribution in [3.05, 3.63) is 76.0 Å². The molecule has 0 aliphatic rings. The van der Waals surface area contributed by atoms with Gasteiger partial charge in [-0.1, -0.05) is 46.3 Å². The van der Waals surface area contributed by atoms with Crippen LogP contribution in [0.25, 0.3) is 0 Å². The second-order valence-electron chi connectivity index (χ2n) is 6.28. The number of aryl methyl sites for hydroxylation is 2. The van der Waals surface area contributed by atoms with E-state index in [9.17, 15) is 4.79 Å². The predicted octanol–water partition coefficient (Wildman–Crippen LogP) is 4.34. The summed E-state index contributed by atoms with van der Waals surface area (Å²) in [5.41, 5.74) is 3.17.